The highest BCUT2D eigenvalue weighted by Crippen LogP contribution is 2.07. The number of carboxylic acid groups (broad SMARTS) is 1. The molecule has 0 aromatic carbocycles. The minimum Gasteiger partial charge on any atom is -0.479 e. The second-order valence-electron chi connectivity index (χ2n) is 5.87. The molecular weight excluding hydrogens is 260 g/mol. The van der Waals surface area contributed by atoms with Crippen molar-refractivity contribution in [2.45, 2.75) is 45.8 Å². The van der Waals surface area contributed by atoms with Gasteiger partial charge in [-0.25, -0.2) is 4.79 Å². The summed E-state index contributed by atoms with van der Waals surface area (Å²) in [6.45, 7) is 7.77. The third kappa shape index (κ3) is 6.34. The van der Waals surface area contributed by atoms with Gasteiger partial charge in [0.1, 0.15) is 0 Å². The number of nitrogens with one attached hydrogen (secondary N) is 1. The summed E-state index contributed by atoms with van der Waals surface area (Å²) in [5, 5.41) is 11.9. The molecule has 2 unspecified atom stereocenters. The maximum Gasteiger partial charge on any atom is 0.334 e. The van der Waals surface area contributed by atoms with Crippen LogP contribution in [0.5, 0.6) is 0 Å². The molecule has 6 heteroatoms. The van der Waals surface area contributed by atoms with Crippen LogP contribution < -0.4 is 5.32 Å². The molecule has 1 saturated heterocycles. The molecule has 1 fully saturated rings. The number of hydrogen-bond donors (Lipinski definition) is 2. The molecule has 116 valence electrons. The monoisotopic (exact) mass is 286 g/mol. The molecule has 0 aromatic heterocycles. The van der Waals surface area contributed by atoms with Crippen LogP contribution in [0.2, 0.25) is 0 Å². The molecule has 1 aliphatic rings. The van der Waals surface area contributed by atoms with E-state index in [9.17, 15) is 9.59 Å². The van der Waals surface area contributed by atoms with E-state index in [0.717, 1.165) is 12.8 Å². The third-order valence-corrected chi connectivity index (χ3v) is 3.38. The van der Waals surface area contributed by atoms with Crippen LogP contribution in [0.1, 0.15) is 33.6 Å². The Hall–Kier alpha value is -1.14. The maximum absolute atomic E-state index is 11.9. The molecule has 0 saturated carbocycles. The molecule has 1 amide bonds. The second kappa shape index (κ2) is 8.21. The van der Waals surface area contributed by atoms with Gasteiger partial charge in [-0.05, 0) is 25.7 Å². The number of rotatable bonds is 7. The number of nitrogens with zero attached hydrogens (tertiary/aromatic N) is 1. The first-order valence-electron chi connectivity index (χ1n) is 7.24. The van der Waals surface area contributed by atoms with E-state index in [1.54, 1.807) is 0 Å². The van der Waals surface area contributed by atoms with E-state index in [2.05, 4.69) is 19.2 Å². The van der Waals surface area contributed by atoms with E-state index in [0.29, 0.717) is 19.1 Å². The summed E-state index contributed by atoms with van der Waals surface area (Å²) in [7, 11) is 0. The number of carbonyl (C=O) groups excluding carboxylic acids is 1. The molecule has 0 aliphatic carbocycles. The van der Waals surface area contributed by atoms with E-state index in [4.69, 9.17) is 9.84 Å². The number of carbonyl (C=O) groups is 2. The predicted molar refractivity (Wildman–Crippen MR) is 75.5 cm³/mol. The maximum atomic E-state index is 11.9. The van der Waals surface area contributed by atoms with Crippen molar-refractivity contribution in [2.75, 3.05) is 26.2 Å². The summed E-state index contributed by atoms with van der Waals surface area (Å²) in [6, 6.07) is 0.154. The van der Waals surface area contributed by atoms with Crippen LogP contribution in [-0.4, -0.2) is 60.3 Å². The van der Waals surface area contributed by atoms with Crippen molar-refractivity contribution in [3.63, 3.8) is 0 Å². The van der Waals surface area contributed by atoms with Gasteiger partial charge in [0.25, 0.3) is 0 Å². The fourth-order valence-electron chi connectivity index (χ4n) is 2.17. The van der Waals surface area contributed by atoms with Crippen LogP contribution in [0.25, 0.3) is 0 Å². The van der Waals surface area contributed by atoms with Gasteiger partial charge in [0.2, 0.25) is 5.91 Å². The lowest BCUT2D eigenvalue weighted by molar-refractivity contribution is -0.156. The lowest BCUT2D eigenvalue weighted by atomic mass is 10.0. The number of hydrogen-bond acceptors (Lipinski definition) is 4. The smallest absolute Gasteiger partial charge is 0.334 e. The van der Waals surface area contributed by atoms with Crippen molar-refractivity contribution >= 4 is 11.9 Å². The molecule has 2 atom stereocenters. The Morgan fingerprint density at radius 2 is 2.05 bits per heavy atom. The molecule has 0 bridgehead atoms. The Morgan fingerprint density at radius 3 is 2.65 bits per heavy atom. The zero-order valence-corrected chi connectivity index (χ0v) is 12.6. The van der Waals surface area contributed by atoms with Gasteiger partial charge < -0.3 is 15.2 Å². The first-order chi connectivity index (χ1) is 9.38. The van der Waals surface area contributed by atoms with Gasteiger partial charge in [-0.2, -0.15) is 0 Å². The number of amides is 1. The lowest BCUT2D eigenvalue weighted by Crippen LogP contribution is -2.50. The molecule has 2 N–H and O–H groups in total. The number of morpholine rings is 1. The Kier molecular flexibility index (Phi) is 6.95. The van der Waals surface area contributed by atoms with Gasteiger partial charge in [-0.3, -0.25) is 9.69 Å². The first-order valence-corrected chi connectivity index (χ1v) is 7.24. The van der Waals surface area contributed by atoms with E-state index in [1.165, 1.54) is 0 Å². The fraction of sp³-hybridized carbons (Fsp3) is 0.857. The topological polar surface area (TPSA) is 78.9 Å². The van der Waals surface area contributed by atoms with Gasteiger partial charge in [0.15, 0.2) is 6.10 Å². The summed E-state index contributed by atoms with van der Waals surface area (Å²) < 4.78 is 5.12. The molecule has 0 spiro atoms. The fourth-order valence-corrected chi connectivity index (χ4v) is 2.17. The van der Waals surface area contributed by atoms with Crippen LogP contribution >= 0.6 is 0 Å². The Bertz CT molecular complexity index is 333. The van der Waals surface area contributed by atoms with Gasteiger partial charge in [0.05, 0.1) is 13.2 Å². The highest BCUT2D eigenvalue weighted by molar-refractivity contribution is 5.78. The van der Waals surface area contributed by atoms with Crippen LogP contribution in [-0.2, 0) is 14.3 Å². The first kappa shape index (κ1) is 16.9. The van der Waals surface area contributed by atoms with Crippen LogP contribution in [0.15, 0.2) is 0 Å². The zero-order valence-electron chi connectivity index (χ0n) is 12.6. The van der Waals surface area contributed by atoms with Gasteiger partial charge >= 0.3 is 5.97 Å². The largest absolute Gasteiger partial charge is 0.479 e. The highest BCUT2D eigenvalue weighted by Gasteiger charge is 2.27. The second-order valence-corrected chi connectivity index (χ2v) is 5.87. The molecule has 0 radical (unpaired) electrons. The van der Waals surface area contributed by atoms with Crippen molar-refractivity contribution in [1.29, 1.82) is 0 Å². The summed E-state index contributed by atoms with van der Waals surface area (Å²) >= 11 is 0. The summed E-state index contributed by atoms with van der Waals surface area (Å²) in [5.41, 5.74) is 0. The van der Waals surface area contributed by atoms with E-state index in [1.807, 2.05) is 11.8 Å². The molecule has 20 heavy (non-hydrogen) atoms. The highest BCUT2D eigenvalue weighted by atomic mass is 16.5. The Labute approximate surface area is 120 Å². The van der Waals surface area contributed by atoms with Gasteiger partial charge in [-0.1, -0.05) is 13.8 Å². The van der Waals surface area contributed by atoms with Crippen LogP contribution in [0.4, 0.5) is 0 Å². The zero-order chi connectivity index (χ0) is 15.1. The normalized spacial score (nSPS) is 21.7. The number of carboxylic acids is 1. The SMILES string of the molecule is CC(C)CCC(C)NC(=O)CN1CCOC(C(=O)O)C1. The average molecular weight is 286 g/mol. The van der Waals surface area contributed by atoms with Gasteiger partial charge in [-0.15, -0.1) is 0 Å². The van der Waals surface area contributed by atoms with Crippen molar-refractivity contribution in [3.8, 4) is 0 Å². The van der Waals surface area contributed by atoms with E-state index >= 15 is 0 Å². The number of aliphatic carboxylic acids is 1. The Balaban J connectivity index is 2.29. The van der Waals surface area contributed by atoms with E-state index < -0.39 is 12.1 Å². The van der Waals surface area contributed by atoms with Crippen molar-refractivity contribution in [1.82, 2.24) is 10.2 Å². The molecule has 1 heterocycles. The molecule has 0 aromatic rings. The minimum absolute atomic E-state index is 0.0488. The van der Waals surface area contributed by atoms with Crippen LogP contribution in [0.3, 0.4) is 0 Å². The van der Waals surface area contributed by atoms with Gasteiger partial charge in [0, 0.05) is 19.1 Å². The summed E-state index contributed by atoms with van der Waals surface area (Å²) in [5.74, 6) is -0.391. The summed E-state index contributed by atoms with van der Waals surface area (Å²) in [4.78, 5) is 24.6. The Morgan fingerprint density at radius 1 is 1.35 bits per heavy atom. The summed E-state index contributed by atoms with van der Waals surface area (Å²) in [6.07, 6.45) is 1.22. The van der Waals surface area contributed by atoms with E-state index in [-0.39, 0.29) is 25.0 Å². The van der Waals surface area contributed by atoms with Crippen LogP contribution in [0, 0.1) is 5.92 Å². The molecule has 6 nitrogen and oxygen atoms in total. The lowest BCUT2D eigenvalue weighted by Gasteiger charge is -2.30. The standard InChI is InChI=1S/C14H26N2O4/c1-10(2)4-5-11(3)15-13(17)9-16-6-7-20-12(8-16)14(18)19/h10-12H,4-9H2,1-3H3,(H,15,17)(H,18,19). The molecule has 1 rings (SSSR count). The average Bonchev–Trinajstić information content (AvgIpc) is 2.36. The quantitative estimate of drug-likeness (QED) is 0.721. The van der Waals surface area contributed by atoms with Crippen molar-refractivity contribution < 1.29 is 19.4 Å². The minimum atomic E-state index is -0.972. The number of ether oxygens (including phenoxy) is 1. The third-order valence-electron chi connectivity index (χ3n) is 3.38. The van der Waals surface area contributed by atoms with Crippen molar-refractivity contribution in [3.05, 3.63) is 0 Å². The predicted octanol–water partition coefficient (Wildman–Crippen LogP) is 0.713. The molecule has 1 aliphatic heterocycles. The van der Waals surface area contributed by atoms with Crippen molar-refractivity contribution in [2.24, 2.45) is 5.92 Å². The molecular formula is C14H26N2O4.